The van der Waals surface area contributed by atoms with Gasteiger partial charge in [-0.1, -0.05) is 197 Å². The number of pyridine rings is 2. The summed E-state index contributed by atoms with van der Waals surface area (Å²) in [6, 6.07) is 21.0. The smallest absolute Gasteiger partial charge is 0.212 e. The third kappa shape index (κ3) is 36.3. The zero-order valence-electron chi connectivity index (χ0n) is 62.3. The fourth-order valence-corrected chi connectivity index (χ4v) is 15.6. The van der Waals surface area contributed by atoms with Crippen LogP contribution in [0.25, 0.3) is 0 Å². The molecule has 0 aliphatic heterocycles. The van der Waals surface area contributed by atoms with Crippen LogP contribution in [-0.2, 0) is 7.05 Å². The molecule has 0 atom stereocenters. The molecule has 0 aliphatic carbocycles. The zero-order chi connectivity index (χ0) is 73.3. The quantitative estimate of drug-likeness (QED) is 0.119. The molecule has 0 unspecified atom stereocenters. The molecule has 20 heteroatoms. The number of halogens is 5. The van der Waals surface area contributed by atoms with Gasteiger partial charge in [0, 0.05) is 82.5 Å². The average molecular weight is 1580 g/mol. The molecule has 0 saturated carbocycles. The molecule has 10 aromatic heterocycles. The van der Waals surface area contributed by atoms with Crippen molar-refractivity contribution in [3.05, 3.63) is 202 Å². The van der Waals surface area contributed by atoms with Gasteiger partial charge >= 0.3 is 0 Å². The molecule has 0 aliphatic rings. The highest BCUT2D eigenvalue weighted by Gasteiger charge is 2.14. The number of hydrogen-bond donors (Lipinski definition) is 0. The summed E-state index contributed by atoms with van der Waals surface area (Å²) in [6.45, 7) is 55.9. The largest absolute Gasteiger partial charge is 0.481 e. The van der Waals surface area contributed by atoms with Gasteiger partial charge in [-0.05, 0) is 187 Å². The first-order valence-corrected chi connectivity index (χ1v) is 40.8. The van der Waals surface area contributed by atoms with Crippen LogP contribution in [0.1, 0.15) is 280 Å². The number of aromatic nitrogens is 7. The Labute approximate surface area is 636 Å². The lowest BCUT2D eigenvalue weighted by molar-refractivity contribution is 0.397. The summed E-state index contributed by atoms with van der Waals surface area (Å²) >= 11 is 39.1. The molecular formula is C76H110BrCl4N7OS7. The van der Waals surface area contributed by atoms with Crippen molar-refractivity contribution in [2.75, 3.05) is 7.11 Å². The van der Waals surface area contributed by atoms with Crippen LogP contribution in [0.2, 0.25) is 19.8 Å². The molecule has 10 heterocycles. The molecule has 10 rings (SSSR count). The molecule has 0 bridgehead atoms. The van der Waals surface area contributed by atoms with E-state index in [1.54, 1.807) is 40.7 Å². The number of thiophene rings is 4. The summed E-state index contributed by atoms with van der Waals surface area (Å²) < 4.78 is 8.52. The summed E-state index contributed by atoms with van der Waals surface area (Å²) in [5, 5.41) is 12.8. The molecule has 96 heavy (non-hydrogen) atoms. The average Bonchev–Trinajstić information content (AvgIpc) is 1.70. The van der Waals surface area contributed by atoms with E-state index in [1.165, 1.54) is 69.6 Å². The van der Waals surface area contributed by atoms with Gasteiger partial charge in [0.1, 0.15) is 10.3 Å². The number of aryl methyl sites for hydroxylation is 7. The summed E-state index contributed by atoms with van der Waals surface area (Å²) in [5.74, 6) is 6.62. The van der Waals surface area contributed by atoms with Crippen LogP contribution in [0.5, 0.6) is 5.88 Å². The van der Waals surface area contributed by atoms with E-state index in [0.29, 0.717) is 79.7 Å². The second-order valence-electron chi connectivity index (χ2n) is 25.7. The van der Waals surface area contributed by atoms with Crippen molar-refractivity contribution in [2.24, 2.45) is 7.05 Å². The normalized spacial score (nSPS) is 10.7. The second kappa shape index (κ2) is 47.7. The standard InChI is InChI=1S/C9H13NO.C8H9Cl2N.C8H13ClN2.C8H13NS.2C8H12S.C7H9BrS.C7H11NS.C7H10S.C6H8ClNS/c1-7(2)8-4-5-9(11-3)10-6-8;1-5(2)7-3-6(9)4-11-8(7)10;1-5(2)7-6(3)10-11(4)8(7)9;1-5(2)8-6(3)9-7(4)10-8;1-6(2)8-4-7(3)5-9-8;1-6(2)8-5-4-7(3)9-8;1-5(2)6-3-4-7(8)9-6;1-5(2)7-4-8-6(3)9-7;1-6(2)7-4-3-5-8-7;1-4(2)5-3-8-6(7)9-5/h4-7H,1-3H3;3-5H,1-2H3;5H,1-4H3;5H,1-4H3;2*4-6H,1-3H3;3-5H,1-2H3;4-5H,1-3H3;3-6H,1-2H3;3-4H,1-2H3. The number of hydrogen-bond acceptors (Lipinski definition) is 14. The Bertz CT molecular complexity index is 3380. The van der Waals surface area contributed by atoms with Crippen LogP contribution in [0.3, 0.4) is 0 Å². The molecule has 532 valence electrons. The number of nitrogens with zero attached hydrogens (tertiary/aromatic N) is 7. The van der Waals surface area contributed by atoms with Crippen molar-refractivity contribution in [3.63, 3.8) is 0 Å². The van der Waals surface area contributed by atoms with Gasteiger partial charge in [-0.25, -0.2) is 24.9 Å². The Hall–Kier alpha value is -3.36. The Morgan fingerprint density at radius 1 is 0.469 bits per heavy atom. The van der Waals surface area contributed by atoms with Crippen LogP contribution < -0.4 is 4.74 Å². The van der Waals surface area contributed by atoms with E-state index in [9.17, 15) is 0 Å². The Morgan fingerprint density at radius 2 is 1.03 bits per heavy atom. The van der Waals surface area contributed by atoms with Gasteiger partial charge in [-0.15, -0.1) is 79.4 Å². The summed E-state index contributed by atoms with van der Waals surface area (Å²) in [6.07, 6.45) is 7.20. The maximum Gasteiger partial charge on any atom is 0.212 e. The van der Waals surface area contributed by atoms with Crippen LogP contribution in [0.15, 0.2) is 100.0 Å². The molecule has 0 saturated heterocycles. The van der Waals surface area contributed by atoms with Crippen molar-refractivity contribution in [3.8, 4) is 5.88 Å². The molecular weight excluding hydrogens is 1470 g/mol. The third-order valence-electron chi connectivity index (χ3n) is 13.5. The lowest BCUT2D eigenvalue weighted by Gasteiger charge is -2.06. The van der Waals surface area contributed by atoms with Crippen LogP contribution >= 0.6 is 142 Å². The first-order chi connectivity index (χ1) is 44.8. The topological polar surface area (TPSA) is 91.5 Å². The monoisotopic (exact) mass is 1580 g/mol. The number of methoxy groups -OCH3 is 1. The Kier molecular flexibility index (Phi) is 45.0. The van der Waals surface area contributed by atoms with Gasteiger partial charge in [0.15, 0.2) is 4.47 Å². The predicted octanol–water partition coefficient (Wildman–Crippen LogP) is 29.5. The van der Waals surface area contributed by atoms with Crippen molar-refractivity contribution >= 4 is 142 Å². The summed E-state index contributed by atoms with van der Waals surface area (Å²) in [4.78, 5) is 31.8. The predicted molar refractivity (Wildman–Crippen MR) is 439 cm³/mol. The van der Waals surface area contributed by atoms with Gasteiger partial charge in [-0.3, -0.25) is 4.68 Å². The zero-order valence-corrected chi connectivity index (χ0v) is 72.6. The maximum absolute atomic E-state index is 6.01. The molecule has 10 aromatic rings. The minimum absolute atomic E-state index is 0.369. The highest BCUT2D eigenvalue weighted by Crippen LogP contribution is 2.31. The van der Waals surface area contributed by atoms with Crippen molar-refractivity contribution < 1.29 is 4.74 Å². The number of rotatable bonds is 11. The maximum atomic E-state index is 6.01. The van der Waals surface area contributed by atoms with Crippen molar-refractivity contribution in [2.45, 2.75) is 239 Å². The minimum Gasteiger partial charge on any atom is -0.481 e. The van der Waals surface area contributed by atoms with Gasteiger partial charge in [0.2, 0.25) is 5.88 Å². The molecule has 0 fully saturated rings. The lowest BCUT2D eigenvalue weighted by atomic mass is 10.1. The third-order valence-corrected chi connectivity index (χ3v) is 24.2. The van der Waals surface area contributed by atoms with Crippen molar-refractivity contribution in [1.29, 1.82) is 0 Å². The SMILES string of the molecule is CC(C)c1cc(Cl)cnc1Cl.CC(C)c1ccc(Br)s1.CC(C)c1cccs1.CC(C)c1cnc(Cl)s1.COc1ccc(C(C)C)cn1.Cc1ccc(C(C)C)s1.Cc1csc(C(C)C)c1.Cc1nc(C)c(C(C)C)s1.Cc1ncc(C(C)C)s1.Cc1nn(C)c(Cl)c1C(C)C. The molecule has 8 nitrogen and oxygen atoms in total. The number of ether oxygens (including phenoxy) is 1. The highest BCUT2D eigenvalue weighted by atomic mass is 79.9. The van der Waals surface area contributed by atoms with E-state index in [4.69, 9.17) is 51.1 Å². The second-order valence-corrected chi connectivity index (χ2v) is 36.8. The van der Waals surface area contributed by atoms with E-state index in [1.807, 2.05) is 114 Å². The van der Waals surface area contributed by atoms with E-state index in [0.717, 1.165) is 22.0 Å². The van der Waals surface area contributed by atoms with Gasteiger partial charge in [-0.2, -0.15) is 5.10 Å². The molecule has 0 N–H and O–H groups in total. The lowest BCUT2D eigenvalue weighted by Crippen LogP contribution is -1.91. The van der Waals surface area contributed by atoms with Crippen LogP contribution in [-0.4, -0.2) is 41.8 Å². The molecule has 0 aromatic carbocycles. The first-order valence-electron chi connectivity index (χ1n) is 32.7. The van der Waals surface area contributed by atoms with Gasteiger partial charge in [0.05, 0.1) is 37.3 Å². The molecule has 0 amide bonds. The van der Waals surface area contributed by atoms with Crippen LogP contribution in [0.4, 0.5) is 0 Å². The summed E-state index contributed by atoms with van der Waals surface area (Å²) in [5.41, 5.74) is 7.04. The fourth-order valence-electron chi connectivity index (χ4n) is 8.04. The van der Waals surface area contributed by atoms with Crippen molar-refractivity contribution in [1.82, 2.24) is 34.7 Å². The Morgan fingerprint density at radius 3 is 1.29 bits per heavy atom. The summed E-state index contributed by atoms with van der Waals surface area (Å²) in [7, 11) is 3.48. The van der Waals surface area contributed by atoms with E-state index in [2.05, 4.69) is 265 Å². The molecule has 0 spiro atoms. The Balaban J connectivity index is 0.000000534. The minimum atomic E-state index is 0.369. The van der Waals surface area contributed by atoms with Gasteiger partial charge < -0.3 is 4.74 Å². The first kappa shape index (κ1) is 90.7. The van der Waals surface area contributed by atoms with E-state index >= 15 is 0 Å². The fraction of sp³-hybridized carbons (Fsp3) is 0.500. The van der Waals surface area contributed by atoms with E-state index < -0.39 is 0 Å². The van der Waals surface area contributed by atoms with Crippen LogP contribution in [0, 0.1) is 41.5 Å². The highest BCUT2D eigenvalue weighted by molar-refractivity contribution is 9.11. The van der Waals surface area contributed by atoms with E-state index in [-0.39, 0.29) is 0 Å². The van der Waals surface area contributed by atoms with Gasteiger partial charge in [0.25, 0.3) is 0 Å². The number of thiazole rings is 3. The molecule has 0 radical (unpaired) electrons.